The Labute approximate surface area is 371 Å². The Kier molecular flexibility index (Phi) is 29.9. The van der Waals surface area contributed by atoms with Crippen molar-refractivity contribution in [2.75, 3.05) is 25.4 Å². The topological polar surface area (TPSA) is 146 Å². The van der Waals surface area contributed by atoms with Gasteiger partial charge in [-0.15, -0.1) is 0 Å². The van der Waals surface area contributed by atoms with Crippen LogP contribution in [0, 0.1) is 0 Å². The van der Waals surface area contributed by atoms with Gasteiger partial charge in [0.2, 0.25) is 5.91 Å². The fourth-order valence-corrected chi connectivity index (χ4v) is 8.79. The Bertz CT molecular complexity index is 1350. The molecule has 1 aliphatic heterocycles. The van der Waals surface area contributed by atoms with Crippen LogP contribution in [0.4, 0.5) is 5.82 Å². The number of hydrogen-bond donors (Lipinski definition) is 2. The number of nitrogen functional groups attached to an aromatic ring is 1. The first-order valence-electron chi connectivity index (χ1n) is 25.6. The quantitative estimate of drug-likeness (QED) is 0.0494. The van der Waals surface area contributed by atoms with E-state index in [0.717, 1.165) is 38.8 Å². The molecule has 1 amide bonds. The minimum Gasteiger partial charge on any atom is -0.463 e. The van der Waals surface area contributed by atoms with Gasteiger partial charge in [-0.3, -0.25) is 14.2 Å². The molecule has 11 nitrogen and oxygen atoms in total. The summed E-state index contributed by atoms with van der Waals surface area (Å²) >= 11 is 0. The molecule has 0 aliphatic carbocycles. The average molecular weight is 855 g/mol. The molecular formula is C50H90N6O5. The number of aromatic nitrogens is 4. The van der Waals surface area contributed by atoms with Crippen molar-refractivity contribution in [3.63, 3.8) is 0 Å². The number of anilines is 1. The van der Waals surface area contributed by atoms with Gasteiger partial charge in [0.05, 0.1) is 18.9 Å². The summed E-state index contributed by atoms with van der Waals surface area (Å²) in [5.74, 6) is -0.147. The van der Waals surface area contributed by atoms with Crippen LogP contribution in [0.1, 0.15) is 245 Å². The number of aliphatic hydroxyl groups excluding tert-OH is 1. The third-order valence-electron chi connectivity index (χ3n) is 12.8. The SMILES string of the molecule is CCCCCCCCCCCCCCCCCCN(CCCCCCCCCCCCCCCCCC)C(=O)CCC(=O)OC[C@H]1O[C@@H](n2cnc3c(N)ncnc32)C[C@@H]1O. The van der Waals surface area contributed by atoms with Crippen LogP contribution in [0.3, 0.4) is 0 Å². The lowest BCUT2D eigenvalue weighted by atomic mass is 10.0. The van der Waals surface area contributed by atoms with Gasteiger partial charge in [0.1, 0.15) is 30.8 Å². The zero-order valence-corrected chi connectivity index (χ0v) is 39.2. The summed E-state index contributed by atoms with van der Waals surface area (Å²) in [6.07, 6.45) is 43.8. The van der Waals surface area contributed by atoms with E-state index in [-0.39, 0.29) is 31.2 Å². The molecule has 0 saturated carbocycles. The first-order valence-corrected chi connectivity index (χ1v) is 25.6. The fourth-order valence-electron chi connectivity index (χ4n) is 8.79. The number of nitrogens with zero attached hydrogens (tertiary/aromatic N) is 5. The number of aliphatic hydroxyl groups is 1. The molecular weight excluding hydrogens is 765 g/mol. The maximum atomic E-state index is 13.5. The Balaban J connectivity index is 1.29. The molecule has 0 radical (unpaired) electrons. The van der Waals surface area contributed by atoms with E-state index >= 15 is 0 Å². The number of esters is 1. The van der Waals surface area contributed by atoms with E-state index in [1.54, 1.807) is 10.9 Å². The van der Waals surface area contributed by atoms with Gasteiger partial charge in [0.15, 0.2) is 11.5 Å². The number of carbonyl (C=O) groups excluding carboxylic acids is 2. The van der Waals surface area contributed by atoms with E-state index in [9.17, 15) is 14.7 Å². The van der Waals surface area contributed by atoms with Gasteiger partial charge in [-0.25, -0.2) is 15.0 Å². The Morgan fingerprint density at radius 3 is 1.52 bits per heavy atom. The van der Waals surface area contributed by atoms with Gasteiger partial charge >= 0.3 is 5.97 Å². The van der Waals surface area contributed by atoms with Gasteiger partial charge in [-0.2, -0.15) is 0 Å². The predicted molar refractivity (Wildman–Crippen MR) is 250 cm³/mol. The van der Waals surface area contributed by atoms with Gasteiger partial charge in [0, 0.05) is 25.9 Å². The van der Waals surface area contributed by atoms with E-state index in [0.29, 0.717) is 17.6 Å². The monoisotopic (exact) mass is 855 g/mol. The summed E-state index contributed by atoms with van der Waals surface area (Å²) in [6.45, 7) is 5.99. The van der Waals surface area contributed by atoms with Gasteiger partial charge in [-0.1, -0.05) is 206 Å². The van der Waals surface area contributed by atoms with Crippen LogP contribution in [0.15, 0.2) is 12.7 Å². The number of nitrogens with two attached hydrogens (primary N) is 1. The first kappa shape index (κ1) is 52.6. The molecule has 0 unspecified atom stereocenters. The van der Waals surface area contributed by atoms with Crippen LogP contribution in [-0.2, 0) is 19.1 Å². The molecule has 1 fully saturated rings. The predicted octanol–water partition coefficient (Wildman–Crippen LogP) is 12.7. The zero-order chi connectivity index (χ0) is 43.6. The molecule has 0 bridgehead atoms. The average Bonchev–Trinajstić information content (AvgIpc) is 3.87. The van der Waals surface area contributed by atoms with Crippen molar-refractivity contribution in [2.24, 2.45) is 0 Å². The number of hydrogen-bond acceptors (Lipinski definition) is 9. The number of rotatable bonds is 40. The second-order valence-corrected chi connectivity index (χ2v) is 18.2. The molecule has 1 aliphatic rings. The Morgan fingerprint density at radius 1 is 0.656 bits per heavy atom. The largest absolute Gasteiger partial charge is 0.463 e. The molecule has 0 spiro atoms. The highest BCUT2D eigenvalue weighted by Crippen LogP contribution is 2.31. The smallest absolute Gasteiger partial charge is 0.306 e. The van der Waals surface area contributed by atoms with E-state index in [1.807, 2.05) is 4.90 Å². The second kappa shape index (κ2) is 34.7. The number of carbonyl (C=O) groups is 2. The lowest BCUT2D eigenvalue weighted by Crippen LogP contribution is -2.33. The van der Waals surface area contributed by atoms with E-state index in [1.165, 1.54) is 186 Å². The number of amides is 1. The molecule has 0 aromatic carbocycles. The third-order valence-corrected chi connectivity index (χ3v) is 12.8. The van der Waals surface area contributed by atoms with Crippen molar-refractivity contribution in [3.05, 3.63) is 12.7 Å². The minimum absolute atomic E-state index is 0.0157. The minimum atomic E-state index is -0.828. The highest BCUT2D eigenvalue weighted by Gasteiger charge is 2.36. The lowest BCUT2D eigenvalue weighted by molar-refractivity contribution is -0.151. The second-order valence-electron chi connectivity index (χ2n) is 18.2. The standard InChI is InChI=1S/C50H90N6O5/c1-3-5-7-9-11-13-15-17-19-21-23-25-27-29-31-33-37-55(38-34-32-30-28-26-24-22-20-18-16-14-12-10-8-6-4-2)45(58)35-36-47(59)60-40-44-43(57)39-46(61-44)56-42-54-48-49(51)52-41-53-50(48)56/h41-44,46,57H,3-40H2,1-2H3,(H2,51,52,53)/t43-,44+,46+/m0/s1. The van der Waals surface area contributed by atoms with Crippen molar-refractivity contribution >= 4 is 28.9 Å². The molecule has 61 heavy (non-hydrogen) atoms. The van der Waals surface area contributed by atoms with Crippen LogP contribution in [-0.4, -0.2) is 73.3 Å². The van der Waals surface area contributed by atoms with Crippen molar-refractivity contribution in [1.29, 1.82) is 0 Å². The fraction of sp³-hybridized carbons (Fsp3) is 0.860. The Hall–Kier alpha value is -2.79. The van der Waals surface area contributed by atoms with Crippen molar-refractivity contribution in [1.82, 2.24) is 24.4 Å². The normalized spacial score (nSPS) is 16.5. The number of fused-ring (bicyclic) bond motifs is 1. The van der Waals surface area contributed by atoms with Crippen molar-refractivity contribution < 1.29 is 24.2 Å². The summed E-state index contributed by atoms with van der Waals surface area (Å²) in [5.41, 5.74) is 6.92. The third kappa shape index (κ3) is 23.5. The maximum absolute atomic E-state index is 13.5. The van der Waals surface area contributed by atoms with Gasteiger partial charge < -0.3 is 25.2 Å². The molecule has 2 aromatic heterocycles. The highest BCUT2D eigenvalue weighted by atomic mass is 16.6. The molecule has 2 aromatic rings. The molecule has 3 heterocycles. The molecule has 3 atom stereocenters. The van der Waals surface area contributed by atoms with Crippen LogP contribution in [0.25, 0.3) is 11.2 Å². The van der Waals surface area contributed by atoms with Crippen LogP contribution in [0.5, 0.6) is 0 Å². The Morgan fingerprint density at radius 2 is 1.08 bits per heavy atom. The number of unbranched alkanes of at least 4 members (excludes halogenated alkanes) is 30. The molecule has 350 valence electrons. The molecule has 11 heteroatoms. The van der Waals surface area contributed by atoms with E-state index in [2.05, 4.69) is 28.8 Å². The highest BCUT2D eigenvalue weighted by molar-refractivity contribution is 5.82. The molecule has 3 N–H and O–H groups in total. The summed E-state index contributed by atoms with van der Waals surface area (Å²) in [4.78, 5) is 40.8. The van der Waals surface area contributed by atoms with Crippen LogP contribution < -0.4 is 5.73 Å². The summed E-state index contributed by atoms with van der Waals surface area (Å²) in [6, 6.07) is 0. The van der Waals surface area contributed by atoms with Crippen LogP contribution >= 0.6 is 0 Å². The maximum Gasteiger partial charge on any atom is 0.306 e. The summed E-state index contributed by atoms with van der Waals surface area (Å²) in [7, 11) is 0. The van der Waals surface area contributed by atoms with Crippen LogP contribution in [0.2, 0.25) is 0 Å². The van der Waals surface area contributed by atoms with E-state index in [4.69, 9.17) is 15.2 Å². The van der Waals surface area contributed by atoms with Crippen molar-refractivity contribution in [2.45, 2.75) is 257 Å². The van der Waals surface area contributed by atoms with Gasteiger partial charge in [0.25, 0.3) is 0 Å². The zero-order valence-electron chi connectivity index (χ0n) is 39.2. The summed E-state index contributed by atoms with van der Waals surface area (Å²) < 4.78 is 13.3. The number of ether oxygens (including phenoxy) is 2. The van der Waals surface area contributed by atoms with Gasteiger partial charge in [-0.05, 0) is 12.8 Å². The molecule has 1 saturated heterocycles. The first-order chi connectivity index (χ1) is 29.9. The van der Waals surface area contributed by atoms with E-state index < -0.39 is 24.4 Å². The lowest BCUT2D eigenvalue weighted by Gasteiger charge is -2.23. The summed E-state index contributed by atoms with van der Waals surface area (Å²) in [5, 5.41) is 10.7. The number of imidazole rings is 1. The molecule has 3 rings (SSSR count). The van der Waals surface area contributed by atoms with Crippen molar-refractivity contribution in [3.8, 4) is 0 Å².